The smallest absolute Gasteiger partial charge is 0.410 e. The van der Waals surface area contributed by atoms with Crippen LogP contribution in [0.3, 0.4) is 0 Å². The first-order valence-electron chi connectivity index (χ1n) is 6.32. The van der Waals surface area contributed by atoms with E-state index in [1.165, 1.54) is 4.90 Å². The molecule has 1 amide bonds. The van der Waals surface area contributed by atoms with Crippen LogP contribution in [0.5, 0.6) is 0 Å². The third kappa shape index (κ3) is 3.09. The zero-order valence-corrected chi connectivity index (χ0v) is 12.0. The first-order valence-corrected chi connectivity index (χ1v) is 7.37. The van der Waals surface area contributed by atoms with E-state index in [9.17, 15) is 9.18 Å². The second-order valence-corrected chi connectivity index (χ2v) is 7.10. The van der Waals surface area contributed by atoms with Gasteiger partial charge in [-0.25, -0.2) is 9.18 Å². The number of alkyl halides is 1. The van der Waals surface area contributed by atoms with Crippen LogP contribution in [-0.4, -0.2) is 53.0 Å². The zero-order chi connectivity index (χ0) is 13.4. The van der Waals surface area contributed by atoms with E-state index < -0.39 is 17.4 Å². The maximum atomic E-state index is 14.7. The minimum atomic E-state index is -1.32. The number of hydrogen-bond acceptors (Lipinski definition) is 4. The summed E-state index contributed by atoms with van der Waals surface area (Å²) in [7, 11) is 0. The highest BCUT2D eigenvalue weighted by Crippen LogP contribution is 2.36. The first-order chi connectivity index (χ1) is 8.30. The summed E-state index contributed by atoms with van der Waals surface area (Å²) in [6.07, 6.45) is -0.0262. The molecule has 2 fully saturated rings. The van der Waals surface area contributed by atoms with Gasteiger partial charge in [-0.1, -0.05) is 0 Å². The van der Waals surface area contributed by atoms with Gasteiger partial charge in [0.05, 0.1) is 11.9 Å². The molecule has 4 nitrogen and oxygen atoms in total. The Labute approximate surface area is 112 Å². The monoisotopic (exact) mass is 276 g/mol. The van der Waals surface area contributed by atoms with Crippen LogP contribution in [0.15, 0.2) is 0 Å². The summed E-state index contributed by atoms with van der Waals surface area (Å²) in [6, 6.07) is 0. The van der Waals surface area contributed by atoms with E-state index in [1.807, 2.05) is 20.8 Å². The molecule has 2 rings (SSSR count). The zero-order valence-electron chi connectivity index (χ0n) is 11.2. The van der Waals surface area contributed by atoms with Gasteiger partial charge >= 0.3 is 6.09 Å². The maximum Gasteiger partial charge on any atom is 0.410 e. The van der Waals surface area contributed by atoms with Gasteiger partial charge in [-0.05, 0) is 20.8 Å². The third-order valence-corrected chi connectivity index (χ3v) is 4.45. The molecule has 2 aliphatic heterocycles. The Morgan fingerprint density at radius 3 is 2.83 bits per heavy atom. The Hall–Kier alpha value is -0.490. The second kappa shape index (κ2) is 4.89. The van der Waals surface area contributed by atoms with Crippen molar-refractivity contribution in [3.8, 4) is 0 Å². The van der Waals surface area contributed by atoms with Crippen molar-refractivity contribution in [1.82, 2.24) is 10.2 Å². The van der Waals surface area contributed by atoms with Gasteiger partial charge in [0, 0.05) is 25.3 Å². The van der Waals surface area contributed by atoms with E-state index in [2.05, 4.69) is 5.32 Å². The van der Waals surface area contributed by atoms with Crippen LogP contribution in [0.1, 0.15) is 27.2 Å². The lowest BCUT2D eigenvalue weighted by Gasteiger charge is -2.28. The predicted octanol–water partition coefficient (Wildman–Crippen LogP) is 2.00. The third-order valence-electron chi connectivity index (χ3n) is 3.09. The SMILES string of the molecule is CC(C)(C)OC(=O)N1CCC(F)(C2NCCS2)C1. The van der Waals surface area contributed by atoms with Crippen LogP contribution >= 0.6 is 11.8 Å². The van der Waals surface area contributed by atoms with Crippen molar-refractivity contribution in [3.05, 3.63) is 0 Å². The molecule has 0 spiro atoms. The fourth-order valence-corrected chi connectivity index (χ4v) is 3.45. The van der Waals surface area contributed by atoms with E-state index >= 15 is 0 Å². The van der Waals surface area contributed by atoms with Gasteiger partial charge in [0.15, 0.2) is 5.67 Å². The van der Waals surface area contributed by atoms with Crippen molar-refractivity contribution in [2.24, 2.45) is 0 Å². The molecule has 0 saturated carbocycles. The summed E-state index contributed by atoms with van der Waals surface area (Å²) in [4.78, 5) is 13.4. The summed E-state index contributed by atoms with van der Waals surface area (Å²) < 4.78 is 20.0. The summed E-state index contributed by atoms with van der Waals surface area (Å²) in [5, 5.41) is 2.97. The molecule has 104 valence electrons. The number of halogens is 1. The Kier molecular flexibility index (Phi) is 3.78. The quantitative estimate of drug-likeness (QED) is 0.795. The highest BCUT2D eigenvalue weighted by Gasteiger charge is 2.48. The van der Waals surface area contributed by atoms with Gasteiger partial charge in [-0.2, -0.15) is 0 Å². The molecule has 2 heterocycles. The van der Waals surface area contributed by atoms with E-state index in [0.717, 1.165) is 12.3 Å². The lowest BCUT2D eigenvalue weighted by Crippen LogP contribution is -2.46. The fraction of sp³-hybridized carbons (Fsp3) is 0.917. The lowest BCUT2D eigenvalue weighted by atomic mass is 10.1. The lowest BCUT2D eigenvalue weighted by molar-refractivity contribution is 0.0255. The molecule has 6 heteroatoms. The molecular formula is C12H21FN2O2S. The van der Waals surface area contributed by atoms with E-state index in [0.29, 0.717) is 13.0 Å². The van der Waals surface area contributed by atoms with Gasteiger partial charge in [0.25, 0.3) is 0 Å². The number of hydrogen-bond donors (Lipinski definition) is 1. The highest BCUT2D eigenvalue weighted by atomic mass is 32.2. The van der Waals surface area contributed by atoms with Gasteiger partial charge in [-0.15, -0.1) is 11.8 Å². The molecule has 0 bridgehead atoms. The van der Waals surface area contributed by atoms with E-state index in [1.54, 1.807) is 11.8 Å². The minimum absolute atomic E-state index is 0.132. The molecule has 2 unspecified atom stereocenters. The molecule has 18 heavy (non-hydrogen) atoms. The average Bonchev–Trinajstić information content (AvgIpc) is 2.83. The van der Waals surface area contributed by atoms with Crippen LogP contribution in [0, 0.1) is 0 Å². The van der Waals surface area contributed by atoms with E-state index in [4.69, 9.17) is 4.74 Å². The fourth-order valence-electron chi connectivity index (χ4n) is 2.25. The minimum Gasteiger partial charge on any atom is -0.444 e. The summed E-state index contributed by atoms with van der Waals surface area (Å²) >= 11 is 1.60. The van der Waals surface area contributed by atoms with E-state index in [-0.39, 0.29) is 11.9 Å². The van der Waals surface area contributed by atoms with Crippen LogP contribution < -0.4 is 5.32 Å². The number of rotatable bonds is 1. The summed E-state index contributed by atoms with van der Waals surface area (Å²) in [5.41, 5.74) is -1.85. The van der Waals surface area contributed by atoms with Crippen LogP contribution in [0.25, 0.3) is 0 Å². The second-order valence-electron chi connectivity index (χ2n) is 5.89. The standard InChI is InChI=1S/C12H21FN2O2S/c1-11(2,3)17-10(16)15-6-4-12(13,8-15)9-14-5-7-18-9/h9,14H,4-8H2,1-3H3. The normalized spacial score (nSPS) is 32.9. The van der Waals surface area contributed by atoms with Crippen LogP contribution in [0.2, 0.25) is 0 Å². The highest BCUT2D eigenvalue weighted by molar-refractivity contribution is 8.00. The molecule has 2 atom stereocenters. The molecule has 2 aliphatic rings. The number of carbonyl (C=O) groups is 1. The number of carbonyl (C=O) groups excluding carboxylic acids is 1. The first kappa shape index (κ1) is 13.9. The summed E-state index contributed by atoms with van der Waals surface area (Å²) in [5.74, 6) is 0.933. The molecule has 2 saturated heterocycles. The van der Waals surface area contributed by atoms with Crippen LogP contribution in [-0.2, 0) is 4.74 Å². The molecule has 0 aromatic rings. The van der Waals surface area contributed by atoms with Crippen molar-refractivity contribution in [3.63, 3.8) is 0 Å². The molecule has 0 aliphatic carbocycles. The number of likely N-dealkylation sites (tertiary alicyclic amines) is 1. The number of ether oxygens (including phenoxy) is 1. The molecule has 1 N–H and O–H groups in total. The van der Waals surface area contributed by atoms with Crippen molar-refractivity contribution >= 4 is 17.9 Å². The Morgan fingerprint density at radius 1 is 1.56 bits per heavy atom. The molecular weight excluding hydrogens is 255 g/mol. The van der Waals surface area contributed by atoms with Crippen LogP contribution in [0.4, 0.5) is 9.18 Å². The maximum absolute atomic E-state index is 14.7. The average molecular weight is 276 g/mol. The number of amides is 1. The van der Waals surface area contributed by atoms with Gasteiger partial charge < -0.3 is 15.0 Å². The van der Waals surface area contributed by atoms with Crippen molar-refractivity contribution in [2.75, 3.05) is 25.4 Å². The Morgan fingerprint density at radius 2 is 2.28 bits per heavy atom. The van der Waals surface area contributed by atoms with Crippen molar-refractivity contribution in [1.29, 1.82) is 0 Å². The Balaban J connectivity index is 1.93. The largest absolute Gasteiger partial charge is 0.444 e. The van der Waals surface area contributed by atoms with Gasteiger partial charge in [0.1, 0.15) is 5.60 Å². The number of nitrogens with one attached hydrogen (secondary N) is 1. The van der Waals surface area contributed by atoms with Gasteiger partial charge in [-0.3, -0.25) is 0 Å². The summed E-state index contributed by atoms with van der Waals surface area (Å²) in [6.45, 7) is 6.86. The topological polar surface area (TPSA) is 41.6 Å². The number of nitrogens with zero attached hydrogens (tertiary/aromatic N) is 1. The molecule has 0 aromatic heterocycles. The van der Waals surface area contributed by atoms with Crippen molar-refractivity contribution in [2.45, 2.75) is 43.8 Å². The van der Waals surface area contributed by atoms with Crippen molar-refractivity contribution < 1.29 is 13.9 Å². The predicted molar refractivity (Wildman–Crippen MR) is 70.5 cm³/mol. The van der Waals surface area contributed by atoms with Gasteiger partial charge in [0.2, 0.25) is 0 Å². The molecule has 0 aromatic carbocycles. The Bertz CT molecular complexity index is 329. The number of thioether (sulfide) groups is 1. The molecule has 0 radical (unpaired) electrons.